The molecule has 1 heterocycles. The van der Waals surface area contributed by atoms with Crippen LogP contribution in [0.3, 0.4) is 0 Å². The van der Waals surface area contributed by atoms with Crippen LogP contribution in [-0.4, -0.2) is 36.6 Å². The van der Waals surface area contributed by atoms with Crippen LogP contribution in [-0.2, 0) is 6.42 Å². The molecule has 0 aliphatic carbocycles. The first-order valence-corrected chi connectivity index (χ1v) is 9.95. The summed E-state index contributed by atoms with van der Waals surface area (Å²) < 4.78 is 11.3. The lowest BCUT2D eigenvalue weighted by atomic mass is 10.0. The van der Waals surface area contributed by atoms with E-state index in [1.807, 2.05) is 55.1 Å². The average Bonchev–Trinajstić information content (AvgIpc) is 3.13. The number of likely N-dealkylation sites (tertiary alicyclic amines) is 1. The quantitative estimate of drug-likeness (QED) is 0.672. The molecule has 1 aliphatic heterocycles. The van der Waals surface area contributed by atoms with Crippen LogP contribution >= 0.6 is 11.6 Å². The third kappa shape index (κ3) is 4.56. The standard InChI is InChI=1S/C22H26ClNO3/c1-3-26-20-12-11-17(15-21(20)27-4-2)22(25)24-13-7-9-18(24)14-16-8-5-6-10-19(16)23/h5-6,8,10-12,15,18H,3-4,7,9,13-14H2,1-2H3. The summed E-state index contributed by atoms with van der Waals surface area (Å²) in [7, 11) is 0. The Morgan fingerprint density at radius 3 is 2.59 bits per heavy atom. The molecule has 1 amide bonds. The summed E-state index contributed by atoms with van der Waals surface area (Å²) in [4.78, 5) is 15.1. The summed E-state index contributed by atoms with van der Waals surface area (Å²) in [6.07, 6.45) is 2.78. The third-order valence-electron chi connectivity index (χ3n) is 4.84. The summed E-state index contributed by atoms with van der Waals surface area (Å²) >= 11 is 6.32. The zero-order valence-electron chi connectivity index (χ0n) is 15.9. The predicted octanol–water partition coefficient (Wildman–Crippen LogP) is 4.98. The van der Waals surface area contributed by atoms with E-state index in [1.54, 1.807) is 6.07 Å². The van der Waals surface area contributed by atoms with Crippen molar-refractivity contribution < 1.29 is 14.3 Å². The van der Waals surface area contributed by atoms with Crippen molar-refractivity contribution in [1.82, 2.24) is 4.90 Å². The van der Waals surface area contributed by atoms with E-state index < -0.39 is 0 Å². The summed E-state index contributed by atoms with van der Waals surface area (Å²) in [5.41, 5.74) is 1.72. The molecule has 0 N–H and O–H groups in total. The van der Waals surface area contributed by atoms with Crippen molar-refractivity contribution in [3.8, 4) is 11.5 Å². The summed E-state index contributed by atoms with van der Waals surface area (Å²) in [5, 5.41) is 0.761. The van der Waals surface area contributed by atoms with Gasteiger partial charge in [-0.3, -0.25) is 4.79 Å². The number of benzene rings is 2. The minimum absolute atomic E-state index is 0.0357. The van der Waals surface area contributed by atoms with Crippen LogP contribution in [0.1, 0.15) is 42.6 Å². The van der Waals surface area contributed by atoms with Gasteiger partial charge in [-0.25, -0.2) is 0 Å². The van der Waals surface area contributed by atoms with Crippen molar-refractivity contribution in [2.75, 3.05) is 19.8 Å². The summed E-state index contributed by atoms with van der Waals surface area (Å²) in [6, 6.07) is 13.5. The second-order valence-electron chi connectivity index (χ2n) is 6.62. The molecule has 5 heteroatoms. The lowest BCUT2D eigenvalue weighted by molar-refractivity contribution is 0.0736. The molecule has 0 bridgehead atoms. The molecule has 2 aromatic rings. The second-order valence-corrected chi connectivity index (χ2v) is 7.02. The molecule has 1 unspecified atom stereocenters. The maximum atomic E-state index is 13.2. The molecule has 1 saturated heterocycles. The fraction of sp³-hybridized carbons (Fsp3) is 0.409. The number of rotatable bonds is 7. The van der Waals surface area contributed by atoms with Gasteiger partial charge in [-0.15, -0.1) is 0 Å². The van der Waals surface area contributed by atoms with Gasteiger partial charge in [0.2, 0.25) is 0 Å². The fourth-order valence-electron chi connectivity index (χ4n) is 3.58. The molecule has 144 valence electrons. The molecule has 1 fully saturated rings. The third-order valence-corrected chi connectivity index (χ3v) is 5.21. The van der Waals surface area contributed by atoms with Gasteiger partial charge in [0.15, 0.2) is 11.5 Å². The molecule has 27 heavy (non-hydrogen) atoms. The number of hydrogen-bond donors (Lipinski definition) is 0. The highest BCUT2D eigenvalue weighted by atomic mass is 35.5. The number of carbonyl (C=O) groups excluding carboxylic acids is 1. The molecule has 0 radical (unpaired) electrons. The predicted molar refractivity (Wildman–Crippen MR) is 108 cm³/mol. The van der Waals surface area contributed by atoms with Crippen molar-refractivity contribution in [3.05, 3.63) is 58.6 Å². The van der Waals surface area contributed by atoms with Crippen LogP contribution in [0.4, 0.5) is 0 Å². The molecular formula is C22H26ClNO3. The van der Waals surface area contributed by atoms with E-state index in [2.05, 4.69) is 0 Å². The first kappa shape index (κ1) is 19.6. The second kappa shape index (κ2) is 9.14. The van der Waals surface area contributed by atoms with Gasteiger partial charge in [-0.2, -0.15) is 0 Å². The molecule has 0 aromatic heterocycles. The molecule has 0 saturated carbocycles. The van der Waals surface area contributed by atoms with Gasteiger partial charge < -0.3 is 14.4 Å². The van der Waals surface area contributed by atoms with Gasteiger partial charge >= 0.3 is 0 Å². The number of nitrogens with zero attached hydrogens (tertiary/aromatic N) is 1. The molecule has 1 atom stereocenters. The van der Waals surface area contributed by atoms with E-state index in [9.17, 15) is 4.79 Å². The van der Waals surface area contributed by atoms with E-state index >= 15 is 0 Å². The van der Waals surface area contributed by atoms with E-state index in [4.69, 9.17) is 21.1 Å². The Hall–Kier alpha value is -2.20. The molecule has 4 nitrogen and oxygen atoms in total. The Labute approximate surface area is 166 Å². The van der Waals surface area contributed by atoms with Crippen molar-refractivity contribution in [2.45, 2.75) is 39.2 Å². The largest absolute Gasteiger partial charge is 0.490 e. The highest BCUT2D eigenvalue weighted by Gasteiger charge is 2.30. The minimum atomic E-state index is 0.0357. The normalized spacial score (nSPS) is 16.4. The van der Waals surface area contributed by atoms with Crippen LogP contribution < -0.4 is 9.47 Å². The van der Waals surface area contributed by atoms with Crippen molar-refractivity contribution >= 4 is 17.5 Å². The van der Waals surface area contributed by atoms with E-state index in [1.165, 1.54) is 0 Å². The molecule has 1 aliphatic rings. The van der Waals surface area contributed by atoms with E-state index in [0.717, 1.165) is 36.4 Å². The number of amides is 1. The molecular weight excluding hydrogens is 362 g/mol. The number of carbonyl (C=O) groups is 1. The lowest BCUT2D eigenvalue weighted by Gasteiger charge is -2.25. The molecule has 2 aromatic carbocycles. The van der Waals surface area contributed by atoms with Crippen molar-refractivity contribution in [2.24, 2.45) is 0 Å². The van der Waals surface area contributed by atoms with E-state index in [0.29, 0.717) is 30.3 Å². The summed E-state index contributed by atoms with van der Waals surface area (Å²) in [6.45, 7) is 5.70. The number of hydrogen-bond acceptors (Lipinski definition) is 3. The van der Waals surface area contributed by atoms with Gasteiger partial charge in [0.1, 0.15) is 0 Å². The van der Waals surface area contributed by atoms with Gasteiger partial charge in [0.25, 0.3) is 5.91 Å². The monoisotopic (exact) mass is 387 g/mol. The highest BCUT2D eigenvalue weighted by molar-refractivity contribution is 6.31. The first-order chi connectivity index (χ1) is 13.1. The van der Waals surface area contributed by atoms with Gasteiger partial charge in [0, 0.05) is 23.2 Å². The Morgan fingerprint density at radius 2 is 1.85 bits per heavy atom. The number of ether oxygens (including phenoxy) is 2. The number of halogens is 1. The van der Waals surface area contributed by atoms with Crippen LogP contribution in [0, 0.1) is 0 Å². The Bertz CT molecular complexity index is 793. The summed E-state index contributed by atoms with van der Waals surface area (Å²) in [5.74, 6) is 1.32. The van der Waals surface area contributed by atoms with Crippen LogP contribution in [0.15, 0.2) is 42.5 Å². The topological polar surface area (TPSA) is 38.8 Å². The maximum Gasteiger partial charge on any atom is 0.254 e. The van der Waals surface area contributed by atoms with Gasteiger partial charge in [-0.05, 0) is 62.9 Å². The van der Waals surface area contributed by atoms with Crippen LogP contribution in [0.25, 0.3) is 0 Å². The zero-order chi connectivity index (χ0) is 19.2. The van der Waals surface area contributed by atoms with Crippen molar-refractivity contribution in [3.63, 3.8) is 0 Å². The van der Waals surface area contributed by atoms with Gasteiger partial charge in [0.05, 0.1) is 13.2 Å². The Kier molecular flexibility index (Phi) is 6.62. The zero-order valence-corrected chi connectivity index (χ0v) is 16.7. The minimum Gasteiger partial charge on any atom is -0.490 e. The van der Waals surface area contributed by atoms with Crippen LogP contribution in [0.2, 0.25) is 5.02 Å². The first-order valence-electron chi connectivity index (χ1n) is 9.58. The van der Waals surface area contributed by atoms with E-state index in [-0.39, 0.29) is 11.9 Å². The fourth-order valence-corrected chi connectivity index (χ4v) is 3.80. The Morgan fingerprint density at radius 1 is 1.11 bits per heavy atom. The molecule has 0 spiro atoms. The highest BCUT2D eigenvalue weighted by Crippen LogP contribution is 2.31. The van der Waals surface area contributed by atoms with Crippen molar-refractivity contribution in [1.29, 1.82) is 0 Å². The smallest absolute Gasteiger partial charge is 0.254 e. The maximum absolute atomic E-state index is 13.2. The SMILES string of the molecule is CCOc1ccc(C(=O)N2CCCC2Cc2ccccc2Cl)cc1OCC. The average molecular weight is 388 g/mol. The van der Waals surface area contributed by atoms with Crippen LogP contribution in [0.5, 0.6) is 11.5 Å². The molecule has 3 rings (SSSR count). The Balaban J connectivity index is 1.79. The van der Waals surface area contributed by atoms with Gasteiger partial charge in [-0.1, -0.05) is 29.8 Å². The lowest BCUT2D eigenvalue weighted by Crippen LogP contribution is -2.36.